The number of thiophene rings is 1. The molecule has 4 aromatic rings. The summed E-state index contributed by atoms with van der Waals surface area (Å²) in [5.41, 5.74) is 5.13. The van der Waals surface area contributed by atoms with Crippen LogP contribution in [0.4, 0.5) is 5.69 Å². The number of aromatic nitrogens is 3. The lowest BCUT2D eigenvalue weighted by molar-refractivity contribution is -0.128. The van der Waals surface area contributed by atoms with Crippen molar-refractivity contribution in [3.63, 3.8) is 0 Å². The van der Waals surface area contributed by atoms with Gasteiger partial charge >= 0.3 is 0 Å². The molecule has 5 rings (SSSR count). The Morgan fingerprint density at radius 1 is 1.11 bits per heavy atom. The maximum Gasteiger partial charge on any atom is 0.249 e. The Hall–Kier alpha value is -3.52. The zero-order valence-corrected chi connectivity index (χ0v) is 21.0. The number of aryl methyl sites for hydroxylation is 2. The molecule has 0 radical (unpaired) electrons. The Morgan fingerprint density at radius 3 is 2.69 bits per heavy atom. The van der Waals surface area contributed by atoms with Crippen molar-refractivity contribution in [3.05, 3.63) is 76.0 Å². The molecule has 1 N–H and O–H groups in total. The first-order valence-corrected chi connectivity index (χ1v) is 12.8. The second-order valence-corrected chi connectivity index (χ2v) is 10.8. The molecule has 1 aliphatic carbocycles. The number of carbonyl (C=O) groups is 2. The molecule has 0 spiro atoms. The van der Waals surface area contributed by atoms with Crippen LogP contribution in [0.5, 0.6) is 0 Å². The molecular formula is C27H29N5O2S. The van der Waals surface area contributed by atoms with Crippen LogP contribution in [0.1, 0.15) is 49.9 Å². The van der Waals surface area contributed by atoms with Crippen molar-refractivity contribution in [2.24, 2.45) is 0 Å². The van der Waals surface area contributed by atoms with Gasteiger partial charge in [-0.1, -0.05) is 23.4 Å². The first-order chi connectivity index (χ1) is 16.8. The Kier molecular flexibility index (Phi) is 6.15. The summed E-state index contributed by atoms with van der Waals surface area (Å²) in [5.74, 6) is -0.438. The number of carbonyl (C=O) groups excluding carboxylic acids is 2. The molecule has 7 nitrogen and oxygen atoms in total. The third kappa shape index (κ3) is 4.84. The van der Waals surface area contributed by atoms with Gasteiger partial charge in [0.25, 0.3) is 0 Å². The summed E-state index contributed by atoms with van der Waals surface area (Å²) in [4.78, 5) is 29.3. The topological polar surface area (TPSA) is 80.1 Å². The number of anilines is 1. The van der Waals surface area contributed by atoms with Crippen LogP contribution in [0.2, 0.25) is 0 Å². The predicted molar refractivity (Wildman–Crippen MR) is 138 cm³/mol. The summed E-state index contributed by atoms with van der Waals surface area (Å²) in [6.07, 6.45) is 3.14. The van der Waals surface area contributed by atoms with Crippen molar-refractivity contribution in [2.45, 2.75) is 58.2 Å². The van der Waals surface area contributed by atoms with E-state index < -0.39 is 11.6 Å². The second kappa shape index (κ2) is 9.26. The number of nitrogens with one attached hydrogen (secondary N) is 1. The van der Waals surface area contributed by atoms with E-state index in [1.54, 1.807) is 9.58 Å². The van der Waals surface area contributed by atoms with Crippen molar-refractivity contribution >= 4 is 39.9 Å². The van der Waals surface area contributed by atoms with Gasteiger partial charge in [0.15, 0.2) is 0 Å². The minimum atomic E-state index is -0.804. The van der Waals surface area contributed by atoms with E-state index in [1.165, 1.54) is 22.5 Å². The molecule has 0 saturated carbocycles. The van der Waals surface area contributed by atoms with E-state index >= 15 is 0 Å². The highest BCUT2D eigenvalue weighted by molar-refractivity contribution is 7.08. The van der Waals surface area contributed by atoms with Gasteiger partial charge in [-0.05, 0) is 97.8 Å². The third-order valence-electron chi connectivity index (χ3n) is 6.20. The predicted octanol–water partition coefficient (Wildman–Crippen LogP) is 4.67. The summed E-state index contributed by atoms with van der Waals surface area (Å²) in [7, 11) is 0. The highest BCUT2D eigenvalue weighted by Crippen LogP contribution is 2.33. The minimum Gasteiger partial charge on any atom is -0.349 e. The van der Waals surface area contributed by atoms with Crippen molar-refractivity contribution < 1.29 is 9.59 Å². The SMILES string of the molecule is CC(C)(C)NC(=O)C(c1ccsc1)N(C(=O)Cn1nnc2ccccc21)c1ccc2c(c1)CCC2. The standard InChI is InChI=1S/C27H29N5O2S/c1-27(2,3)28-26(34)25(20-13-14-35-17-20)32(21-12-11-18-7-6-8-19(18)15-21)24(33)16-31-23-10-5-4-9-22(23)29-30-31/h4-5,9-15,17,25H,6-8,16H2,1-3H3,(H,28,34). The van der Waals surface area contributed by atoms with Crippen LogP contribution in [0.25, 0.3) is 11.0 Å². The first-order valence-electron chi connectivity index (χ1n) is 11.9. The molecule has 180 valence electrons. The lowest BCUT2D eigenvalue weighted by atomic mass is 10.0. The molecule has 1 aliphatic rings. The third-order valence-corrected chi connectivity index (χ3v) is 6.90. The highest BCUT2D eigenvalue weighted by atomic mass is 32.1. The summed E-state index contributed by atoms with van der Waals surface area (Å²) in [6.45, 7) is 5.80. The van der Waals surface area contributed by atoms with E-state index in [9.17, 15) is 9.59 Å². The van der Waals surface area contributed by atoms with E-state index in [1.807, 2.05) is 67.9 Å². The molecule has 2 aromatic carbocycles. The lowest BCUT2D eigenvalue weighted by Gasteiger charge is -2.33. The zero-order chi connectivity index (χ0) is 24.6. The monoisotopic (exact) mass is 487 g/mol. The van der Waals surface area contributed by atoms with Gasteiger partial charge in [-0.2, -0.15) is 11.3 Å². The molecule has 8 heteroatoms. The normalized spacial score (nSPS) is 14.0. The number of hydrogen-bond donors (Lipinski definition) is 1. The molecular weight excluding hydrogens is 458 g/mol. The van der Waals surface area contributed by atoms with Crippen LogP contribution in [-0.2, 0) is 29.0 Å². The molecule has 0 bridgehead atoms. The van der Waals surface area contributed by atoms with Gasteiger partial charge in [0, 0.05) is 11.2 Å². The Bertz CT molecular complexity index is 1370. The van der Waals surface area contributed by atoms with Gasteiger partial charge in [0.05, 0.1) is 5.52 Å². The molecule has 2 heterocycles. The largest absolute Gasteiger partial charge is 0.349 e. The maximum absolute atomic E-state index is 14.0. The van der Waals surface area contributed by atoms with Gasteiger partial charge in [-0.25, -0.2) is 4.68 Å². The van der Waals surface area contributed by atoms with Crippen molar-refractivity contribution in [3.8, 4) is 0 Å². The van der Waals surface area contributed by atoms with E-state index in [2.05, 4.69) is 27.8 Å². The van der Waals surface area contributed by atoms with E-state index in [0.717, 1.165) is 41.5 Å². The summed E-state index contributed by atoms with van der Waals surface area (Å²) >= 11 is 1.51. The molecule has 2 aromatic heterocycles. The van der Waals surface area contributed by atoms with Gasteiger partial charge < -0.3 is 5.32 Å². The number of hydrogen-bond acceptors (Lipinski definition) is 5. The molecule has 0 aliphatic heterocycles. The molecule has 2 amide bonds. The first kappa shape index (κ1) is 23.2. The fraction of sp³-hybridized carbons (Fsp3) is 0.333. The van der Waals surface area contributed by atoms with Gasteiger partial charge in [0.1, 0.15) is 18.1 Å². The average Bonchev–Trinajstić information content (AvgIpc) is 3.57. The molecule has 35 heavy (non-hydrogen) atoms. The summed E-state index contributed by atoms with van der Waals surface area (Å²) < 4.78 is 1.60. The Labute approximate surface area is 208 Å². The van der Waals surface area contributed by atoms with E-state index in [4.69, 9.17) is 0 Å². The summed E-state index contributed by atoms with van der Waals surface area (Å²) in [5, 5.41) is 15.4. The number of fused-ring (bicyclic) bond motifs is 2. The number of rotatable bonds is 6. The van der Waals surface area contributed by atoms with Gasteiger partial charge in [-0.3, -0.25) is 14.5 Å². The van der Waals surface area contributed by atoms with Crippen LogP contribution in [0.3, 0.4) is 0 Å². The maximum atomic E-state index is 14.0. The number of para-hydroxylation sites is 1. The fourth-order valence-electron chi connectivity index (χ4n) is 4.67. The number of nitrogens with zero attached hydrogens (tertiary/aromatic N) is 4. The van der Waals surface area contributed by atoms with Gasteiger partial charge in [0.2, 0.25) is 11.8 Å². The van der Waals surface area contributed by atoms with Gasteiger partial charge in [-0.15, -0.1) is 5.10 Å². The highest BCUT2D eigenvalue weighted by Gasteiger charge is 2.35. The number of benzene rings is 2. The zero-order valence-electron chi connectivity index (χ0n) is 20.2. The van der Waals surface area contributed by atoms with Crippen LogP contribution < -0.4 is 10.2 Å². The molecule has 0 fully saturated rings. The summed E-state index contributed by atoms with van der Waals surface area (Å²) in [6, 6.07) is 14.8. The van der Waals surface area contributed by atoms with E-state index in [-0.39, 0.29) is 18.4 Å². The van der Waals surface area contributed by atoms with Crippen LogP contribution in [0.15, 0.2) is 59.3 Å². The minimum absolute atomic E-state index is 0.0268. The Morgan fingerprint density at radius 2 is 1.91 bits per heavy atom. The number of amides is 2. The van der Waals surface area contributed by atoms with Crippen molar-refractivity contribution in [1.82, 2.24) is 20.3 Å². The molecule has 0 saturated heterocycles. The molecule has 1 atom stereocenters. The average molecular weight is 488 g/mol. The Balaban J connectivity index is 1.59. The van der Waals surface area contributed by atoms with Crippen molar-refractivity contribution in [1.29, 1.82) is 0 Å². The second-order valence-electron chi connectivity index (χ2n) is 10.0. The van der Waals surface area contributed by atoms with E-state index in [0.29, 0.717) is 0 Å². The lowest BCUT2D eigenvalue weighted by Crippen LogP contribution is -2.50. The smallest absolute Gasteiger partial charge is 0.249 e. The fourth-order valence-corrected chi connectivity index (χ4v) is 5.35. The van der Waals surface area contributed by atoms with Crippen LogP contribution in [-0.4, -0.2) is 32.3 Å². The van der Waals surface area contributed by atoms with Crippen LogP contribution >= 0.6 is 11.3 Å². The van der Waals surface area contributed by atoms with Crippen molar-refractivity contribution in [2.75, 3.05) is 4.90 Å². The molecule has 1 unspecified atom stereocenters. The quantitative estimate of drug-likeness (QED) is 0.429. The van der Waals surface area contributed by atoms with Crippen LogP contribution in [0, 0.1) is 0 Å².